The summed E-state index contributed by atoms with van der Waals surface area (Å²) in [5.41, 5.74) is 0. The van der Waals surface area contributed by atoms with Crippen molar-refractivity contribution in [2.75, 3.05) is 0 Å². The second-order valence-corrected chi connectivity index (χ2v) is 10.6. The van der Waals surface area contributed by atoms with Gasteiger partial charge in [0.25, 0.3) is 0 Å². The maximum Gasteiger partial charge on any atom is 0.221 e. The molecule has 0 radical (unpaired) electrons. The van der Waals surface area contributed by atoms with Crippen molar-refractivity contribution in [1.29, 1.82) is 0 Å². The summed E-state index contributed by atoms with van der Waals surface area (Å²) in [4.78, 5) is 22.8. The fraction of sp³-hybridized carbons (Fsp3) is 0.929. The molecule has 2 nitrogen and oxygen atoms in total. The molecule has 0 fully saturated rings. The van der Waals surface area contributed by atoms with Crippen molar-refractivity contribution in [1.82, 2.24) is 0 Å². The summed E-state index contributed by atoms with van der Waals surface area (Å²) in [6, 6.07) is 0. The molecule has 0 saturated heterocycles. The summed E-state index contributed by atoms with van der Waals surface area (Å²) in [6.45, 7) is 2.27. The minimum absolute atomic E-state index is 0.208. The number of ketones is 1. The standard InChI is InChI=1S/C28H52Cl2O2/c1-2-3-4-5-6-7-8-12-15-18-21-24-27(31)26(29)23-20-17-14-11-9-10-13-16-19-22-25-28(30)32/h26H,2-25H2,1H3. The van der Waals surface area contributed by atoms with Gasteiger partial charge in [0.05, 0.1) is 5.38 Å². The van der Waals surface area contributed by atoms with Crippen LogP contribution in [-0.2, 0) is 9.59 Å². The number of Topliss-reactive ketones (excluding diaryl/α,β-unsaturated/α-hetero) is 1. The van der Waals surface area contributed by atoms with Crippen molar-refractivity contribution in [3.05, 3.63) is 0 Å². The van der Waals surface area contributed by atoms with Gasteiger partial charge < -0.3 is 0 Å². The molecule has 0 aliphatic heterocycles. The Balaban J connectivity index is 3.32. The van der Waals surface area contributed by atoms with E-state index in [-0.39, 0.29) is 16.4 Å². The Morgan fingerprint density at radius 3 is 1.28 bits per heavy atom. The molecule has 0 rings (SSSR count). The van der Waals surface area contributed by atoms with Crippen LogP contribution >= 0.6 is 23.2 Å². The van der Waals surface area contributed by atoms with Gasteiger partial charge in [-0.15, -0.1) is 11.6 Å². The van der Waals surface area contributed by atoms with E-state index in [1.54, 1.807) is 0 Å². The van der Waals surface area contributed by atoms with Crippen LogP contribution < -0.4 is 0 Å². The first-order valence-corrected chi connectivity index (χ1v) is 14.7. The van der Waals surface area contributed by atoms with E-state index in [2.05, 4.69) is 6.92 Å². The third kappa shape index (κ3) is 24.6. The van der Waals surface area contributed by atoms with Crippen molar-refractivity contribution >= 4 is 34.2 Å². The van der Waals surface area contributed by atoms with E-state index in [1.807, 2.05) is 0 Å². The van der Waals surface area contributed by atoms with E-state index in [1.165, 1.54) is 109 Å². The number of unbranched alkanes of at least 4 members (excludes halogenated alkanes) is 19. The van der Waals surface area contributed by atoms with Gasteiger partial charge >= 0.3 is 0 Å². The zero-order valence-corrected chi connectivity index (χ0v) is 22.6. The average molecular weight is 492 g/mol. The predicted molar refractivity (Wildman–Crippen MR) is 142 cm³/mol. The van der Waals surface area contributed by atoms with E-state index in [4.69, 9.17) is 23.2 Å². The second kappa shape index (κ2) is 25.5. The van der Waals surface area contributed by atoms with Gasteiger partial charge in [0, 0.05) is 12.8 Å². The Kier molecular flexibility index (Phi) is 25.5. The van der Waals surface area contributed by atoms with Gasteiger partial charge in [-0.2, -0.15) is 0 Å². The van der Waals surface area contributed by atoms with E-state index in [9.17, 15) is 9.59 Å². The van der Waals surface area contributed by atoms with Crippen molar-refractivity contribution in [3.63, 3.8) is 0 Å². The molecule has 0 bridgehead atoms. The lowest BCUT2D eigenvalue weighted by Gasteiger charge is -2.09. The molecule has 0 N–H and O–H groups in total. The highest BCUT2D eigenvalue weighted by Gasteiger charge is 2.14. The van der Waals surface area contributed by atoms with E-state index < -0.39 is 0 Å². The summed E-state index contributed by atoms with van der Waals surface area (Å²) in [7, 11) is 0. The lowest BCUT2D eigenvalue weighted by atomic mass is 10.0. The molecule has 1 unspecified atom stereocenters. The van der Waals surface area contributed by atoms with Crippen LogP contribution in [0.15, 0.2) is 0 Å². The zero-order chi connectivity index (χ0) is 23.7. The highest BCUT2D eigenvalue weighted by molar-refractivity contribution is 6.63. The van der Waals surface area contributed by atoms with Gasteiger partial charge in [0.1, 0.15) is 0 Å². The molecule has 1 atom stereocenters. The highest BCUT2D eigenvalue weighted by Crippen LogP contribution is 2.17. The zero-order valence-electron chi connectivity index (χ0n) is 21.1. The van der Waals surface area contributed by atoms with Gasteiger partial charge in [-0.05, 0) is 30.9 Å². The molecular weight excluding hydrogens is 439 g/mol. The van der Waals surface area contributed by atoms with Crippen LogP contribution in [0.5, 0.6) is 0 Å². The smallest absolute Gasteiger partial charge is 0.221 e. The number of hydrogen-bond donors (Lipinski definition) is 0. The van der Waals surface area contributed by atoms with Crippen molar-refractivity contribution in [2.24, 2.45) is 0 Å². The number of halogens is 2. The molecule has 0 aliphatic carbocycles. The number of rotatable bonds is 26. The van der Waals surface area contributed by atoms with Crippen LogP contribution in [0.2, 0.25) is 0 Å². The summed E-state index contributed by atoms with van der Waals surface area (Å²) >= 11 is 11.7. The lowest BCUT2D eigenvalue weighted by molar-refractivity contribution is -0.119. The summed E-state index contributed by atoms with van der Waals surface area (Å²) in [5.74, 6) is 0.262. The Labute approximate surface area is 210 Å². The molecule has 0 aromatic heterocycles. The van der Waals surface area contributed by atoms with Gasteiger partial charge in [0.2, 0.25) is 5.24 Å². The predicted octanol–water partition coefficient (Wildman–Crippen LogP) is 10.3. The topological polar surface area (TPSA) is 34.1 Å². The first kappa shape index (κ1) is 31.9. The number of carbonyl (C=O) groups is 2. The van der Waals surface area contributed by atoms with Gasteiger partial charge in [-0.1, -0.05) is 129 Å². The molecule has 32 heavy (non-hydrogen) atoms. The largest absolute Gasteiger partial charge is 0.298 e. The SMILES string of the molecule is CCCCCCCCCCCCCC(=O)C(Cl)CCCCCCCCCCCCC(=O)Cl. The minimum Gasteiger partial charge on any atom is -0.298 e. The van der Waals surface area contributed by atoms with Crippen molar-refractivity contribution < 1.29 is 9.59 Å². The Bertz CT molecular complexity index is 426. The van der Waals surface area contributed by atoms with Crippen molar-refractivity contribution in [2.45, 2.75) is 166 Å². The van der Waals surface area contributed by atoms with Crippen LogP contribution in [-0.4, -0.2) is 16.4 Å². The molecule has 0 amide bonds. The Morgan fingerprint density at radius 1 is 0.531 bits per heavy atom. The molecule has 0 saturated carbocycles. The molecule has 190 valence electrons. The molecule has 0 heterocycles. The summed E-state index contributed by atoms with van der Waals surface area (Å²) < 4.78 is 0. The Morgan fingerprint density at radius 2 is 0.875 bits per heavy atom. The maximum absolute atomic E-state index is 12.2. The summed E-state index contributed by atoms with van der Waals surface area (Å²) in [6.07, 6.45) is 28.3. The van der Waals surface area contributed by atoms with Crippen LogP contribution in [0.4, 0.5) is 0 Å². The molecule has 0 spiro atoms. The Hall–Kier alpha value is -0.0800. The normalized spacial score (nSPS) is 12.2. The average Bonchev–Trinajstić information content (AvgIpc) is 2.77. The number of hydrogen-bond acceptors (Lipinski definition) is 2. The molecule has 0 aromatic rings. The van der Waals surface area contributed by atoms with E-state index in [0.717, 1.165) is 32.1 Å². The molecular formula is C28H52Cl2O2. The molecule has 4 heteroatoms. The maximum atomic E-state index is 12.2. The van der Waals surface area contributed by atoms with Gasteiger partial charge in [0.15, 0.2) is 5.78 Å². The highest BCUT2D eigenvalue weighted by atomic mass is 35.5. The quantitative estimate of drug-likeness (QED) is 0.0685. The van der Waals surface area contributed by atoms with Crippen LogP contribution in [0.25, 0.3) is 0 Å². The van der Waals surface area contributed by atoms with Crippen LogP contribution in [0.1, 0.15) is 161 Å². The third-order valence-corrected chi connectivity index (χ3v) is 7.11. The lowest BCUT2D eigenvalue weighted by Crippen LogP contribution is -2.14. The van der Waals surface area contributed by atoms with Gasteiger partial charge in [-0.25, -0.2) is 0 Å². The van der Waals surface area contributed by atoms with Crippen LogP contribution in [0.3, 0.4) is 0 Å². The fourth-order valence-corrected chi connectivity index (χ4v) is 4.68. The molecule has 0 aliphatic rings. The third-order valence-electron chi connectivity index (χ3n) is 6.46. The second-order valence-electron chi connectivity index (χ2n) is 9.65. The van der Waals surface area contributed by atoms with Crippen LogP contribution in [0, 0.1) is 0 Å². The molecule has 0 aromatic carbocycles. The first-order chi connectivity index (χ1) is 15.6. The first-order valence-electron chi connectivity index (χ1n) is 13.9. The summed E-state index contributed by atoms with van der Waals surface area (Å²) in [5, 5.41) is -0.474. The number of carbonyl (C=O) groups excluding carboxylic acids is 2. The fourth-order valence-electron chi connectivity index (χ4n) is 4.28. The van der Waals surface area contributed by atoms with Gasteiger partial charge in [-0.3, -0.25) is 9.59 Å². The number of alkyl halides is 1. The minimum atomic E-state index is -0.266. The van der Waals surface area contributed by atoms with E-state index >= 15 is 0 Å². The van der Waals surface area contributed by atoms with E-state index in [0.29, 0.717) is 12.8 Å². The monoisotopic (exact) mass is 490 g/mol. The van der Waals surface area contributed by atoms with Crippen molar-refractivity contribution in [3.8, 4) is 0 Å².